The number of sulfonamides is 1. The van der Waals surface area contributed by atoms with Crippen LogP contribution in [0.3, 0.4) is 0 Å². The highest BCUT2D eigenvalue weighted by Gasteiger charge is 2.49. The summed E-state index contributed by atoms with van der Waals surface area (Å²) in [5, 5.41) is 4.82. The first kappa shape index (κ1) is 25.1. The van der Waals surface area contributed by atoms with Gasteiger partial charge in [0.25, 0.3) is 5.91 Å². The second-order valence-electron chi connectivity index (χ2n) is 7.78. The Morgan fingerprint density at radius 1 is 1.15 bits per heavy atom. The molecule has 1 aliphatic rings. The summed E-state index contributed by atoms with van der Waals surface area (Å²) in [6, 6.07) is 5.79. The molecule has 1 aliphatic heterocycles. The van der Waals surface area contributed by atoms with Crippen LogP contribution in [0.4, 0.5) is 19.3 Å². The summed E-state index contributed by atoms with van der Waals surface area (Å²) in [6.07, 6.45) is 0. The third kappa shape index (κ3) is 4.43. The zero-order valence-electron chi connectivity index (χ0n) is 18.7. The van der Waals surface area contributed by atoms with E-state index in [1.807, 2.05) is 0 Å². The molecule has 3 rings (SSSR count). The lowest BCUT2D eigenvalue weighted by molar-refractivity contribution is -0.133. The Hall–Kier alpha value is -3.58. The van der Waals surface area contributed by atoms with Gasteiger partial charge in [0.1, 0.15) is 22.7 Å². The molecule has 0 radical (unpaired) electrons. The second-order valence-corrected chi connectivity index (χ2v) is 9.90. The van der Waals surface area contributed by atoms with Gasteiger partial charge in [-0.05, 0) is 42.8 Å². The lowest BCUT2D eigenvalue weighted by atomic mass is 9.92. The normalized spacial score (nSPS) is 18.3. The first-order chi connectivity index (χ1) is 15.8. The standard InChI is InChI=1S/C21H22F2N4O6S/c1-21(12-5-7-14(22)15(23)9-12)19(29)27(20(30)25-21)11-18(28)24-13-6-8-16(33-4)17(10-13)34(31,32)26(2)3/h5-10H,11H2,1-4H3,(H,24,28)(H,25,30). The topological polar surface area (TPSA) is 125 Å². The van der Waals surface area contributed by atoms with Crippen LogP contribution in [-0.2, 0) is 25.2 Å². The number of hydrogen-bond donors (Lipinski definition) is 2. The molecule has 0 saturated carbocycles. The average molecular weight is 496 g/mol. The SMILES string of the molecule is COc1ccc(NC(=O)CN2C(=O)NC(C)(c3ccc(F)c(F)c3)C2=O)cc1S(=O)(=O)N(C)C. The van der Waals surface area contributed by atoms with E-state index in [4.69, 9.17) is 4.74 Å². The fourth-order valence-electron chi connectivity index (χ4n) is 3.34. The molecule has 0 aromatic heterocycles. The maximum absolute atomic E-state index is 13.7. The number of nitrogens with one attached hydrogen (secondary N) is 2. The van der Waals surface area contributed by atoms with Crippen LogP contribution in [0.25, 0.3) is 0 Å². The number of halogens is 2. The van der Waals surface area contributed by atoms with Gasteiger partial charge in [-0.2, -0.15) is 0 Å². The molecule has 182 valence electrons. The quantitative estimate of drug-likeness (QED) is 0.562. The zero-order chi connectivity index (χ0) is 25.4. The molecule has 1 heterocycles. The fraction of sp³-hybridized carbons (Fsp3) is 0.286. The molecule has 2 aromatic carbocycles. The predicted octanol–water partition coefficient (Wildman–Crippen LogP) is 1.63. The number of rotatable bonds is 7. The highest BCUT2D eigenvalue weighted by Crippen LogP contribution is 2.31. The van der Waals surface area contributed by atoms with Crippen molar-refractivity contribution in [1.29, 1.82) is 0 Å². The number of ether oxygens (including phenoxy) is 1. The fourth-order valence-corrected chi connectivity index (χ4v) is 4.42. The van der Waals surface area contributed by atoms with Crippen LogP contribution in [0.2, 0.25) is 0 Å². The molecule has 10 nitrogen and oxygen atoms in total. The average Bonchev–Trinajstić information content (AvgIpc) is 2.99. The largest absolute Gasteiger partial charge is 0.495 e. The van der Waals surface area contributed by atoms with Crippen LogP contribution in [0.15, 0.2) is 41.3 Å². The van der Waals surface area contributed by atoms with Crippen molar-refractivity contribution in [2.24, 2.45) is 0 Å². The Kier molecular flexibility index (Phi) is 6.62. The van der Waals surface area contributed by atoms with E-state index in [-0.39, 0.29) is 21.9 Å². The van der Waals surface area contributed by atoms with E-state index in [1.165, 1.54) is 46.3 Å². The highest BCUT2D eigenvalue weighted by atomic mass is 32.2. The van der Waals surface area contributed by atoms with Gasteiger partial charge < -0.3 is 15.4 Å². The third-order valence-electron chi connectivity index (χ3n) is 5.28. The van der Waals surface area contributed by atoms with E-state index in [9.17, 15) is 31.6 Å². The maximum atomic E-state index is 13.7. The minimum atomic E-state index is -3.90. The number of amides is 4. The minimum absolute atomic E-state index is 0.00125. The molecule has 1 saturated heterocycles. The number of methoxy groups -OCH3 is 1. The summed E-state index contributed by atoms with van der Waals surface area (Å²) in [5.74, 6) is -3.89. The van der Waals surface area contributed by atoms with Crippen LogP contribution < -0.4 is 15.4 Å². The Balaban J connectivity index is 1.81. The van der Waals surface area contributed by atoms with Crippen molar-refractivity contribution in [1.82, 2.24) is 14.5 Å². The van der Waals surface area contributed by atoms with E-state index in [0.717, 1.165) is 22.5 Å². The summed E-state index contributed by atoms with van der Waals surface area (Å²) >= 11 is 0. The third-order valence-corrected chi connectivity index (χ3v) is 7.12. The molecular weight excluding hydrogens is 474 g/mol. The zero-order valence-corrected chi connectivity index (χ0v) is 19.5. The lowest BCUT2D eigenvalue weighted by Gasteiger charge is -2.22. The number of imide groups is 1. The Morgan fingerprint density at radius 2 is 1.82 bits per heavy atom. The molecule has 0 spiro atoms. The molecule has 0 bridgehead atoms. The summed E-state index contributed by atoms with van der Waals surface area (Å²) in [5.41, 5.74) is -1.62. The monoisotopic (exact) mass is 496 g/mol. The number of carbonyl (C=O) groups excluding carboxylic acids is 3. The smallest absolute Gasteiger partial charge is 0.325 e. The summed E-state index contributed by atoms with van der Waals surface area (Å²) in [7, 11) is 0.0659. The van der Waals surface area contributed by atoms with Gasteiger partial charge in [-0.3, -0.25) is 14.5 Å². The van der Waals surface area contributed by atoms with Crippen LogP contribution >= 0.6 is 0 Å². The van der Waals surface area contributed by atoms with Crippen molar-refractivity contribution in [3.05, 3.63) is 53.6 Å². The molecular formula is C21H22F2N4O6S. The van der Waals surface area contributed by atoms with Crippen LogP contribution in [-0.4, -0.2) is 63.2 Å². The first-order valence-electron chi connectivity index (χ1n) is 9.81. The number of anilines is 1. The van der Waals surface area contributed by atoms with Crippen molar-refractivity contribution >= 4 is 33.6 Å². The molecule has 1 unspecified atom stereocenters. The molecule has 1 fully saturated rings. The Labute approximate surface area is 194 Å². The van der Waals surface area contributed by atoms with Crippen molar-refractivity contribution in [3.63, 3.8) is 0 Å². The maximum Gasteiger partial charge on any atom is 0.325 e. The number of urea groups is 1. The minimum Gasteiger partial charge on any atom is -0.495 e. The van der Waals surface area contributed by atoms with Crippen molar-refractivity contribution in [2.45, 2.75) is 17.4 Å². The molecule has 34 heavy (non-hydrogen) atoms. The molecule has 2 aromatic rings. The van der Waals surface area contributed by atoms with Gasteiger partial charge in [0.2, 0.25) is 15.9 Å². The lowest BCUT2D eigenvalue weighted by Crippen LogP contribution is -2.42. The van der Waals surface area contributed by atoms with Gasteiger partial charge in [0.05, 0.1) is 7.11 Å². The number of benzene rings is 2. The van der Waals surface area contributed by atoms with Gasteiger partial charge >= 0.3 is 6.03 Å². The highest BCUT2D eigenvalue weighted by molar-refractivity contribution is 7.89. The Bertz CT molecular complexity index is 1280. The van der Waals surface area contributed by atoms with Crippen LogP contribution in [0.1, 0.15) is 12.5 Å². The molecule has 1 atom stereocenters. The summed E-state index contributed by atoms with van der Waals surface area (Å²) in [4.78, 5) is 38.3. The predicted molar refractivity (Wildman–Crippen MR) is 116 cm³/mol. The van der Waals surface area contributed by atoms with Crippen molar-refractivity contribution in [2.75, 3.05) is 33.1 Å². The van der Waals surface area contributed by atoms with E-state index in [1.54, 1.807) is 0 Å². The van der Waals surface area contributed by atoms with Gasteiger partial charge in [-0.15, -0.1) is 0 Å². The molecule has 13 heteroatoms. The second kappa shape index (κ2) is 8.99. The number of nitrogens with zero attached hydrogens (tertiary/aromatic N) is 2. The number of hydrogen-bond acceptors (Lipinski definition) is 6. The van der Waals surface area contributed by atoms with E-state index in [2.05, 4.69) is 10.6 Å². The molecule has 2 N–H and O–H groups in total. The number of carbonyl (C=O) groups is 3. The van der Waals surface area contributed by atoms with Crippen molar-refractivity contribution in [3.8, 4) is 5.75 Å². The van der Waals surface area contributed by atoms with Gasteiger partial charge in [0, 0.05) is 19.8 Å². The van der Waals surface area contributed by atoms with Crippen molar-refractivity contribution < 1.29 is 36.3 Å². The van der Waals surface area contributed by atoms with E-state index < -0.39 is 51.6 Å². The Morgan fingerprint density at radius 3 is 2.41 bits per heavy atom. The van der Waals surface area contributed by atoms with Crippen LogP contribution in [0.5, 0.6) is 5.75 Å². The summed E-state index contributed by atoms with van der Waals surface area (Å²) < 4.78 is 58.1. The van der Waals surface area contributed by atoms with E-state index in [0.29, 0.717) is 4.90 Å². The van der Waals surface area contributed by atoms with Gasteiger partial charge in [-0.1, -0.05) is 6.07 Å². The molecule has 4 amide bonds. The summed E-state index contributed by atoms with van der Waals surface area (Å²) in [6.45, 7) is 0.603. The van der Waals surface area contributed by atoms with Gasteiger partial charge in [0.15, 0.2) is 11.6 Å². The van der Waals surface area contributed by atoms with Gasteiger partial charge in [-0.25, -0.2) is 26.3 Å². The van der Waals surface area contributed by atoms with E-state index >= 15 is 0 Å². The first-order valence-corrected chi connectivity index (χ1v) is 11.3. The molecule has 0 aliphatic carbocycles. The van der Waals surface area contributed by atoms with Crippen LogP contribution in [0, 0.1) is 11.6 Å².